The van der Waals surface area contributed by atoms with Crippen molar-refractivity contribution in [2.45, 2.75) is 6.92 Å². The van der Waals surface area contributed by atoms with Gasteiger partial charge in [-0.2, -0.15) is 0 Å². The number of nitrogens with zero attached hydrogens (tertiary/aromatic N) is 1. The van der Waals surface area contributed by atoms with Crippen LogP contribution >= 0.6 is 15.9 Å². The number of aromatic nitrogens is 1. The lowest BCUT2D eigenvalue weighted by atomic mass is 10.1. The minimum Gasteiger partial charge on any atom is -0.462 e. The van der Waals surface area contributed by atoms with Crippen LogP contribution in [-0.4, -0.2) is 17.6 Å². The molecule has 0 radical (unpaired) electrons. The van der Waals surface area contributed by atoms with Gasteiger partial charge < -0.3 is 4.74 Å². The van der Waals surface area contributed by atoms with E-state index in [1.165, 1.54) is 0 Å². The number of hydrogen-bond donors (Lipinski definition) is 0. The first-order chi connectivity index (χ1) is 7.72. The van der Waals surface area contributed by atoms with Crippen molar-refractivity contribution in [2.75, 3.05) is 6.61 Å². The van der Waals surface area contributed by atoms with Crippen LogP contribution in [0.3, 0.4) is 0 Å². The smallest absolute Gasteiger partial charge is 0.338 e. The Morgan fingerprint density at radius 2 is 2.25 bits per heavy atom. The highest BCUT2D eigenvalue weighted by Gasteiger charge is 2.08. The lowest BCUT2D eigenvalue weighted by Crippen LogP contribution is -2.04. The number of carbonyl (C=O) groups excluding carboxylic acids is 1. The number of pyridine rings is 1. The van der Waals surface area contributed by atoms with Gasteiger partial charge in [0.1, 0.15) is 0 Å². The van der Waals surface area contributed by atoms with Gasteiger partial charge in [0.15, 0.2) is 0 Å². The lowest BCUT2D eigenvalue weighted by molar-refractivity contribution is 0.0526. The Hall–Kier alpha value is -1.42. The van der Waals surface area contributed by atoms with Crippen LogP contribution in [-0.2, 0) is 4.74 Å². The Bertz CT molecular complexity index is 540. The Morgan fingerprint density at radius 3 is 3.00 bits per heavy atom. The highest BCUT2D eigenvalue weighted by atomic mass is 79.9. The van der Waals surface area contributed by atoms with Crippen molar-refractivity contribution in [3.8, 4) is 0 Å². The normalized spacial score (nSPS) is 10.4. The molecule has 1 heterocycles. The number of rotatable bonds is 2. The predicted octanol–water partition coefficient (Wildman–Crippen LogP) is 3.17. The molecule has 0 atom stereocenters. The highest BCUT2D eigenvalue weighted by molar-refractivity contribution is 9.10. The van der Waals surface area contributed by atoms with E-state index in [0.717, 1.165) is 15.2 Å². The van der Waals surface area contributed by atoms with E-state index in [-0.39, 0.29) is 5.97 Å². The van der Waals surface area contributed by atoms with E-state index in [9.17, 15) is 4.79 Å². The van der Waals surface area contributed by atoms with Crippen molar-refractivity contribution >= 4 is 32.7 Å². The molecule has 0 spiro atoms. The van der Waals surface area contributed by atoms with Gasteiger partial charge in [0.25, 0.3) is 0 Å². The number of ether oxygens (including phenoxy) is 1. The third kappa shape index (κ3) is 2.07. The molecule has 1 aromatic heterocycles. The monoisotopic (exact) mass is 279 g/mol. The van der Waals surface area contributed by atoms with Crippen LogP contribution in [0.1, 0.15) is 17.3 Å². The molecule has 0 bridgehead atoms. The van der Waals surface area contributed by atoms with E-state index in [1.54, 1.807) is 31.5 Å². The molecule has 0 N–H and O–H groups in total. The maximum absolute atomic E-state index is 11.5. The molecule has 4 heteroatoms. The summed E-state index contributed by atoms with van der Waals surface area (Å²) in [5.74, 6) is -0.298. The SMILES string of the molecule is CCOC(=O)c1ccc2cncc(Br)c2c1. The van der Waals surface area contributed by atoms with Gasteiger partial charge in [-0.1, -0.05) is 6.07 Å². The molecule has 3 nitrogen and oxygen atoms in total. The van der Waals surface area contributed by atoms with E-state index in [4.69, 9.17) is 4.74 Å². The summed E-state index contributed by atoms with van der Waals surface area (Å²) in [5, 5.41) is 1.95. The maximum atomic E-state index is 11.5. The molecule has 0 aliphatic rings. The maximum Gasteiger partial charge on any atom is 0.338 e. The fourth-order valence-corrected chi connectivity index (χ4v) is 1.93. The van der Waals surface area contributed by atoms with Gasteiger partial charge in [-0.25, -0.2) is 4.79 Å². The molecule has 16 heavy (non-hydrogen) atoms. The van der Waals surface area contributed by atoms with Crippen LogP contribution < -0.4 is 0 Å². The summed E-state index contributed by atoms with van der Waals surface area (Å²) in [5.41, 5.74) is 0.557. The molecule has 0 saturated heterocycles. The second-order valence-corrected chi connectivity index (χ2v) is 4.13. The number of esters is 1. The molecule has 1 aromatic carbocycles. The van der Waals surface area contributed by atoms with Crippen LogP contribution in [0, 0.1) is 0 Å². The van der Waals surface area contributed by atoms with E-state index in [2.05, 4.69) is 20.9 Å². The number of carbonyl (C=O) groups is 1. The molecule has 0 aliphatic carbocycles. The molecular formula is C12H10BrNO2. The van der Waals surface area contributed by atoms with Gasteiger partial charge in [0.2, 0.25) is 0 Å². The standard InChI is InChI=1S/C12H10BrNO2/c1-2-16-12(15)8-3-4-9-6-14-7-11(13)10(9)5-8/h3-7H,2H2,1H3. The summed E-state index contributed by atoms with van der Waals surface area (Å²) < 4.78 is 5.82. The fraction of sp³-hybridized carbons (Fsp3) is 0.167. The van der Waals surface area contributed by atoms with Gasteiger partial charge in [-0.05, 0) is 40.4 Å². The molecule has 0 fully saturated rings. The van der Waals surface area contributed by atoms with Crippen molar-refractivity contribution < 1.29 is 9.53 Å². The van der Waals surface area contributed by atoms with Gasteiger partial charge in [-0.15, -0.1) is 0 Å². The number of halogens is 1. The summed E-state index contributed by atoms with van der Waals surface area (Å²) in [6.07, 6.45) is 3.46. The summed E-state index contributed by atoms with van der Waals surface area (Å²) in [6.45, 7) is 2.17. The van der Waals surface area contributed by atoms with Gasteiger partial charge in [0.05, 0.1) is 12.2 Å². The molecule has 0 aliphatic heterocycles. The molecule has 2 aromatic rings. The molecule has 2 rings (SSSR count). The van der Waals surface area contributed by atoms with Gasteiger partial charge in [0, 0.05) is 22.3 Å². The minimum absolute atomic E-state index is 0.298. The average molecular weight is 280 g/mol. The van der Waals surface area contributed by atoms with Gasteiger partial charge >= 0.3 is 5.97 Å². The van der Waals surface area contributed by atoms with Crippen molar-refractivity contribution in [1.82, 2.24) is 4.98 Å². The van der Waals surface area contributed by atoms with Crippen LogP contribution in [0.25, 0.3) is 10.8 Å². The zero-order chi connectivity index (χ0) is 11.5. The Labute approximate surface area is 102 Å². The second kappa shape index (κ2) is 4.61. The fourth-order valence-electron chi connectivity index (χ4n) is 1.47. The van der Waals surface area contributed by atoms with Crippen molar-refractivity contribution in [1.29, 1.82) is 0 Å². The Kier molecular flexibility index (Phi) is 3.19. The molecule has 82 valence electrons. The molecule has 0 saturated carbocycles. The third-order valence-electron chi connectivity index (χ3n) is 2.22. The summed E-state index contributed by atoms with van der Waals surface area (Å²) in [4.78, 5) is 15.6. The predicted molar refractivity (Wildman–Crippen MR) is 65.4 cm³/mol. The largest absolute Gasteiger partial charge is 0.462 e. The molecular weight excluding hydrogens is 270 g/mol. The second-order valence-electron chi connectivity index (χ2n) is 3.28. The third-order valence-corrected chi connectivity index (χ3v) is 2.86. The first-order valence-corrected chi connectivity index (χ1v) is 5.72. The van der Waals surface area contributed by atoms with Crippen LogP contribution in [0.15, 0.2) is 35.1 Å². The van der Waals surface area contributed by atoms with Crippen molar-refractivity contribution in [3.63, 3.8) is 0 Å². The van der Waals surface area contributed by atoms with Gasteiger partial charge in [-0.3, -0.25) is 4.98 Å². The summed E-state index contributed by atoms with van der Waals surface area (Å²) in [7, 11) is 0. The first kappa shape index (κ1) is 11.1. The lowest BCUT2D eigenvalue weighted by Gasteiger charge is -2.04. The van der Waals surface area contributed by atoms with Crippen molar-refractivity contribution in [2.24, 2.45) is 0 Å². The van der Waals surface area contributed by atoms with E-state index < -0.39 is 0 Å². The number of benzene rings is 1. The topological polar surface area (TPSA) is 39.2 Å². The molecule has 0 unspecified atom stereocenters. The van der Waals surface area contributed by atoms with Crippen LogP contribution in [0.4, 0.5) is 0 Å². The summed E-state index contributed by atoms with van der Waals surface area (Å²) in [6, 6.07) is 5.41. The Balaban J connectivity index is 2.51. The zero-order valence-electron chi connectivity index (χ0n) is 8.74. The van der Waals surface area contributed by atoms with Crippen molar-refractivity contribution in [3.05, 3.63) is 40.6 Å². The molecule has 0 amide bonds. The first-order valence-electron chi connectivity index (χ1n) is 4.92. The number of hydrogen-bond acceptors (Lipinski definition) is 3. The van der Waals surface area contributed by atoms with Crippen LogP contribution in [0.2, 0.25) is 0 Å². The highest BCUT2D eigenvalue weighted by Crippen LogP contribution is 2.23. The van der Waals surface area contributed by atoms with Crippen LogP contribution in [0.5, 0.6) is 0 Å². The van der Waals surface area contributed by atoms with E-state index >= 15 is 0 Å². The average Bonchev–Trinajstić information content (AvgIpc) is 2.29. The zero-order valence-corrected chi connectivity index (χ0v) is 10.3. The number of fused-ring (bicyclic) bond motifs is 1. The summed E-state index contributed by atoms with van der Waals surface area (Å²) >= 11 is 3.40. The minimum atomic E-state index is -0.298. The van der Waals surface area contributed by atoms with E-state index in [1.807, 2.05) is 6.07 Å². The Morgan fingerprint density at radius 1 is 1.44 bits per heavy atom. The van der Waals surface area contributed by atoms with E-state index in [0.29, 0.717) is 12.2 Å². The quantitative estimate of drug-likeness (QED) is 0.793.